The molecule has 0 unspecified atom stereocenters. The van der Waals surface area contributed by atoms with Crippen LogP contribution in [0.25, 0.3) is 17.4 Å². The number of benzene rings is 2. The Hall–Kier alpha value is -4.37. The van der Waals surface area contributed by atoms with E-state index in [1.807, 2.05) is 0 Å². The van der Waals surface area contributed by atoms with Gasteiger partial charge in [0.1, 0.15) is 17.1 Å². The number of hydrogen-bond acceptors (Lipinski definition) is 6. The molecule has 4 rings (SSSR count). The van der Waals surface area contributed by atoms with E-state index < -0.39 is 23.8 Å². The van der Waals surface area contributed by atoms with Crippen molar-refractivity contribution >= 4 is 47.1 Å². The van der Waals surface area contributed by atoms with Crippen LogP contribution in [-0.2, 0) is 14.3 Å². The van der Waals surface area contributed by atoms with Crippen LogP contribution in [0.2, 0.25) is 5.02 Å². The number of esters is 1. The highest BCUT2D eigenvalue weighted by molar-refractivity contribution is 6.33. The molecule has 2 heterocycles. The molecule has 172 valence electrons. The van der Waals surface area contributed by atoms with Gasteiger partial charge < -0.3 is 14.3 Å². The molecule has 3 aromatic rings. The number of rotatable bonds is 6. The molecule has 1 fully saturated rings. The number of furan rings is 1. The maximum Gasteiger partial charge on any atom is 0.338 e. The van der Waals surface area contributed by atoms with Crippen LogP contribution in [0.4, 0.5) is 5.69 Å². The Bertz CT molecular complexity index is 1340. The van der Waals surface area contributed by atoms with Gasteiger partial charge in [0, 0.05) is 5.56 Å². The average molecular weight is 481 g/mol. The smallest absolute Gasteiger partial charge is 0.338 e. The number of nitrogens with one attached hydrogen (secondary N) is 1. The predicted molar refractivity (Wildman–Crippen MR) is 122 cm³/mol. The standard InChI is InChI=1S/C24H17ClN2O7/c1-2-33-24(32)13-3-6-15(7-4-13)27-22(29)18(21(28)26-27)12-16-8-10-20(34-16)14-5-9-19(25)17(11-14)23(30)31/h3-12H,2H2,1H3,(H,26,28)(H,30,31)/b18-12-. The molecule has 1 aliphatic heterocycles. The Balaban J connectivity index is 1.56. The summed E-state index contributed by atoms with van der Waals surface area (Å²) in [7, 11) is 0. The van der Waals surface area contributed by atoms with Gasteiger partial charge in [-0.15, -0.1) is 0 Å². The molecular formula is C24H17ClN2O7. The molecule has 0 aliphatic carbocycles. The van der Waals surface area contributed by atoms with Crippen LogP contribution < -0.4 is 10.4 Å². The first-order valence-electron chi connectivity index (χ1n) is 10.1. The van der Waals surface area contributed by atoms with Gasteiger partial charge in [-0.1, -0.05) is 11.6 Å². The number of aromatic carboxylic acids is 1. The van der Waals surface area contributed by atoms with Gasteiger partial charge in [0.2, 0.25) is 0 Å². The van der Waals surface area contributed by atoms with Crippen molar-refractivity contribution in [2.45, 2.75) is 6.92 Å². The zero-order valence-corrected chi connectivity index (χ0v) is 18.5. The molecule has 0 atom stereocenters. The second-order valence-electron chi connectivity index (χ2n) is 7.11. The van der Waals surface area contributed by atoms with E-state index in [-0.39, 0.29) is 28.5 Å². The number of hydrazine groups is 1. The maximum absolute atomic E-state index is 12.8. The number of nitrogens with zero attached hydrogens (tertiary/aromatic N) is 1. The monoisotopic (exact) mass is 480 g/mol. The number of amides is 2. The Labute approximate surface area is 198 Å². The van der Waals surface area contributed by atoms with Crippen LogP contribution in [0.5, 0.6) is 0 Å². The van der Waals surface area contributed by atoms with E-state index in [0.29, 0.717) is 22.6 Å². The highest BCUT2D eigenvalue weighted by Crippen LogP contribution is 2.29. The summed E-state index contributed by atoms with van der Waals surface area (Å²) in [6, 6.07) is 13.6. The van der Waals surface area contributed by atoms with E-state index in [4.69, 9.17) is 20.8 Å². The Morgan fingerprint density at radius 1 is 1.12 bits per heavy atom. The van der Waals surface area contributed by atoms with Gasteiger partial charge in [0.05, 0.1) is 28.4 Å². The van der Waals surface area contributed by atoms with Crippen molar-refractivity contribution < 1.29 is 33.4 Å². The lowest BCUT2D eigenvalue weighted by molar-refractivity contribution is -0.117. The SMILES string of the molecule is CCOC(=O)c1ccc(N2NC(=O)/C(=C/c3ccc(-c4ccc(Cl)c(C(=O)O)c4)o3)C2=O)cc1. The van der Waals surface area contributed by atoms with Crippen LogP contribution >= 0.6 is 11.6 Å². The van der Waals surface area contributed by atoms with Crippen LogP contribution in [0.1, 0.15) is 33.4 Å². The molecule has 1 aliphatic rings. The van der Waals surface area contributed by atoms with Gasteiger partial charge >= 0.3 is 11.9 Å². The molecule has 1 saturated heterocycles. The molecule has 10 heteroatoms. The Morgan fingerprint density at radius 2 is 1.85 bits per heavy atom. The van der Waals surface area contributed by atoms with Crippen LogP contribution in [0.15, 0.2) is 64.6 Å². The minimum absolute atomic E-state index is 0.0783. The van der Waals surface area contributed by atoms with E-state index in [1.165, 1.54) is 42.5 Å². The van der Waals surface area contributed by atoms with E-state index in [2.05, 4.69) is 5.43 Å². The van der Waals surface area contributed by atoms with Gasteiger partial charge in [-0.2, -0.15) is 0 Å². The van der Waals surface area contributed by atoms with Crippen molar-refractivity contribution in [3.05, 3.63) is 82.1 Å². The van der Waals surface area contributed by atoms with Crippen LogP contribution in [0, 0.1) is 0 Å². The highest BCUT2D eigenvalue weighted by Gasteiger charge is 2.34. The summed E-state index contributed by atoms with van der Waals surface area (Å²) >= 11 is 5.90. The number of carboxylic acid groups (broad SMARTS) is 1. The molecular weight excluding hydrogens is 464 g/mol. The van der Waals surface area contributed by atoms with Crippen molar-refractivity contribution in [2.75, 3.05) is 11.6 Å². The third-order valence-electron chi connectivity index (χ3n) is 4.92. The highest BCUT2D eigenvalue weighted by atomic mass is 35.5. The van der Waals surface area contributed by atoms with E-state index >= 15 is 0 Å². The summed E-state index contributed by atoms with van der Waals surface area (Å²) in [5.41, 5.74) is 3.38. The van der Waals surface area contributed by atoms with Gasteiger partial charge in [-0.3, -0.25) is 15.0 Å². The normalized spacial score (nSPS) is 14.4. The van der Waals surface area contributed by atoms with Crippen molar-refractivity contribution in [3.8, 4) is 11.3 Å². The van der Waals surface area contributed by atoms with Gasteiger partial charge in [-0.25, -0.2) is 14.6 Å². The lowest BCUT2D eigenvalue weighted by Gasteiger charge is -2.14. The fraction of sp³-hybridized carbons (Fsp3) is 0.0833. The Kier molecular flexibility index (Phi) is 6.20. The second-order valence-corrected chi connectivity index (χ2v) is 7.52. The molecule has 1 aromatic heterocycles. The van der Waals surface area contributed by atoms with Crippen molar-refractivity contribution in [2.24, 2.45) is 0 Å². The van der Waals surface area contributed by atoms with Crippen molar-refractivity contribution in [3.63, 3.8) is 0 Å². The summed E-state index contributed by atoms with van der Waals surface area (Å²) in [6.07, 6.45) is 1.29. The number of hydrogen-bond donors (Lipinski definition) is 2. The summed E-state index contributed by atoms with van der Waals surface area (Å²) in [6.45, 7) is 1.94. The third-order valence-corrected chi connectivity index (χ3v) is 5.25. The quantitative estimate of drug-likeness (QED) is 0.311. The lowest BCUT2D eigenvalue weighted by Crippen LogP contribution is -2.35. The van der Waals surface area contributed by atoms with Crippen molar-refractivity contribution in [1.82, 2.24) is 5.43 Å². The van der Waals surface area contributed by atoms with Crippen LogP contribution in [-0.4, -0.2) is 35.5 Å². The molecule has 0 radical (unpaired) electrons. The van der Waals surface area contributed by atoms with Crippen molar-refractivity contribution in [1.29, 1.82) is 0 Å². The first-order valence-corrected chi connectivity index (χ1v) is 10.4. The molecule has 2 amide bonds. The van der Waals surface area contributed by atoms with E-state index in [1.54, 1.807) is 25.1 Å². The number of ether oxygens (including phenoxy) is 1. The largest absolute Gasteiger partial charge is 0.478 e. The molecule has 9 nitrogen and oxygen atoms in total. The Morgan fingerprint density at radius 3 is 2.53 bits per heavy atom. The molecule has 0 saturated carbocycles. The number of anilines is 1. The zero-order chi connectivity index (χ0) is 24.4. The molecule has 2 aromatic carbocycles. The molecule has 0 bridgehead atoms. The predicted octanol–water partition coefficient (Wildman–Crippen LogP) is 3.94. The average Bonchev–Trinajstić information content (AvgIpc) is 3.40. The number of carbonyl (C=O) groups is 4. The summed E-state index contributed by atoms with van der Waals surface area (Å²) in [4.78, 5) is 48.4. The second kappa shape index (κ2) is 9.24. The van der Waals surface area contributed by atoms with Gasteiger partial charge in [0.25, 0.3) is 11.8 Å². The summed E-state index contributed by atoms with van der Waals surface area (Å²) in [5.74, 6) is -2.34. The first kappa shape index (κ1) is 22.8. The minimum Gasteiger partial charge on any atom is -0.478 e. The molecule has 2 N–H and O–H groups in total. The lowest BCUT2D eigenvalue weighted by atomic mass is 10.1. The van der Waals surface area contributed by atoms with E-state index in [0.717, 1.165) is 5.01 Å². The van der Waals surface area contributed by atoms with Gasteiger partial charge in [0.15, 0.2) is 0 Å². The first-order chi connectivity index (χ1) is 16.3. The maximum atomic E-state index is 12.8. The minimum atomic E-state index is -1.18. The zero-order valence-electron chi connectivity index (χ0n) is 17.7. The molecule has 0 spiro atoms. The van der Waals surface area contributed by atoms with E-state index in [9.17, 15) is 24.3 Å². The summed E-state index contributed by atoms with van der Waals surface area (Å²) in [5, 5.41) is 10.4. The number of halogens is 1. The third kappa shape index (κ3) is 4.41. The van der Waals surface area contributed by atoms with Gasteiger partial charge in [-0.05, 0) is 67.6 Å². The summed E-state index contributed by atoms with van der Waals surface area (Å²) < 4.78 is 10.6. The number of carboxylic acids is 1. The fourth-order valence-electron chi connectivity index (χ4n) is 3.27. The topological polar surface area (TPSA) is 126 Å². The molecule has 34 heavy (non-hydrogen) atoms. The number of carbonyl (C=O) groups excluding carboxylic acids is 3. The fourth-order valence-corrected chi connectivity index (χ4v) is 3.47. The van der Waals surface area contributed by atoms with Crippen LogP contribution in [0.3, 0.4) is 0 Å².